The minimum Gasteiger partial charge on any atom is -0.319 e. The summed E-state index contributed by atoms with van der Waals surface area (Å²) in [6.07, 6.45) is 0.689. The maximum atomic E-state index is 12.7. The summed E-state index contributed by atoms with van der Waals surface area (Å²) in [7, 11) is -2.26. The zero-order chi connectivity index (χ0) is 14.4. The number of hydrogen-bond acceptors (Lipinski definition) is 2. The maximum Gasteiger partial charge on any atom is 0.113 e. The standard InChI is InChI=1S/C17H22NOP/c1-15(16-9-5-3-6-10-16)18-13-14-20(2,19)17-11-7-4-8-12-17/h3-12,15,18H,13-14H2,1-2H3/t15-,20-/m1/s1. The number of nitrogens with one attached hydrogen (secondary N) is 1. The van der Waals surface area contributed by atoms with Gasteiger partial charge >= 0.3 is 0 Å². The van der Waals surface area contributed by atoms with Gasteiger partial charge in [-0.2, -0.15) is 0 Å². The van der Waals surface area contributed by atoms with Crippen molar-refractivity contribution in [2.45, 2.75) is 13.0 Å². The minimum atomic E-state index is -2.26. The fourth-order valence-corrected chi connectivity index (χ4v) is 3.84. The third kappa shape index (κ3) is 4.06. The van der Waals surface area contributed by atoms with Crippen molar-refractivity contribution in [3.63, 3.8) is 0 Å². The van der Waals surface area contributed by atoms with Crippen LogP contribution in [-0.4, -0.2) is 19.4 Å². The molecule has 2 atom stereocenters. The second-order valence-corrected chi connectivity index (χ2v) is 8.41. The van der Waals surface area contributed by atoms with Crippen molar-refractivity contribution in [2.75, 3.05) is 19.4 Å². The highest BCUT2D eigenvalue weighted by Crippen LogP contribution is 2.38. The van der Waals surface area contributed by atoms with Crippen molar-refractivity contribution in [3.8, 4) is 0 Å². The smallest absolute Gasteiger partial charge is 0.113 e. The lowest BCUT2D eigenvalue weighted by Gasteiger charge is -2.17. The van der Waals surface area contributed by atoms with Crippen LogP contribution in [0.2, 0.25) is 0 Å². The lowest BCUT2D eigenvalue weighted by atomic mass is 10.1. The number of hydrogen-bond donors (Lipinski definition) is 1. The quantitative estimate of drug-likeness (QED) is 0.822. The first kappa shape index (κ1) is 15.0. The Morgan fingerprint density at radius 1 is 1.00 bits per heavy atom. The Kier molecular flexibility index (Phi) is 5.17. The second kappa shape index (κ2) is 6.88. The Hall–Kier alpha value is -1.37. The van der Waals surface area contributed by atoms with Gasteiger partial charge in [0.1, 0.15) is 7.14 Å². The third-order valence-corrected chi connectivity index (χ3v) is 6.06. The van der Waals surface area contributed by atoms with Crippen molar-refractivity contribution in [2.24, 2.45) is 0 Å². The molecule has 0 spiro atoms. The summed E-state index contributed by atoms with van der Waals surface area (Å²) in [5, 5.41) is 4.42. The summed E-state index contributed by atoms with van der Waals surface area (Å²) in [6.45, 7) is 4.77. The van der Waals surface area contributed by atoms with Gasteiger partial charge in [0.25, 0.3) is 0 Å². The summed E-state index contributed by atoms with van der Waals surface area (Å²) in [6, 6.07) is 20.4. The molecule has 0 aliphatic rings. The second-order valence-electron chi connectivity index (χ2n) is 5.25. The molecule has 2 aromatic rings. The fourth-order valence-electron chi connectivity index (χ4n) is 2.23. The molecule has 2 nitrogen and oxygen atoms in total. The van der Waals surface area contributed by atoms with E-state index in [1.54, 1.807) is 0 Å². The van der Waals surface area contributed by atoms with Crippen LogP contribution < -0.4 is 10.6 Å². The third-order valence-electron chi connectivity index (χ3n) is 3.59. The number of benzene rings is 2. The molecule has 0 saturated carbocycles. The molecule has 0 aromatic heterocycles. The van der Waals surface area contributed by atoms with Crippen LogP contribution in [0.3, 0.4) is 0 Å². The summed E-state index contributed by atoms with van der Waals surface area (Å²) in [5.74, 6) is 0. The van der Waals surface area contributed by atoms with Gasteiger partial charge in [-0.3, -0.25) is 0 Å². The molecule has 20 heavy (non-hydrogen) atoms. The SMILES string of the molecule is C[C@@H](NCC[P@@](C)(=O)c1ccccc1)c1ccccc1. The largest absolute Gasteiger partial charge is 0.319 e. The molecule has 0 saturated heterocycles. The molecule has 0 heterocycles. The molecule has 0 bridgehead atoms. The van der Waals surface area contributed by atoms with E-state index in [2.05, 4.69) is 24.4 Å². The summed E-state index contributed by atoms with van der Waals surface area (Å²) < 4.78 is 12.7. The predicted octanol–water partition coefficient (Wildman–Crippen LogP) is 3.66. The molecule has 0 aliphatic heterocycles. The van der Waals surface area contributed by atoms with E-state index in [-0.39, 0.29) is 6.04 Å². The van der Waals surface area contributed by atoms with Crippen LogP contribution in [0.4, 0.5) is 0 Å². The van der Waals surface area contributed by atoms with Gasteiger partial charge in [-0.25, -0.2) is 0 Å². The normalized spacial score (nSPS) is 15.5. The molecule has 0 unspecified atom stereocenters. The lowest BCUT2D eigenvalue weighted by molar-refractivity contribution is 0.570. The Labute approximate surface area is 121 Å². The average Bonchev–Trinajstić information content (AvgIpc) is 2.49. The summed E-state index contributed by atoms with van der Waals surface area (Å²) >= 11 is 0. The molecular formula is C17H22NOP. The van der Waals surface area contributed by atoms with Gasteiger partial charge in [0.05, 0.1) is 0 Å². The van der Waals surface area contributed by atoms with Crippen LogP contribution in [0.25, 0.3) is 0 Å². The Bertz CT molecular complexity index is 568. The fraction of sp³-hybridized carbons (Fsp3) is 0.294. The van der Waals surface area contributed by atoms with Gasteiger partial charge < -0.3 is 9.88 Å². The first-order chi connectivity index (χ1) is 9.59. The van der Waals surface area contributed by atoms with Crippen molar-refractivity contribution >= 4 is 12.4 Å². The van der Waals surface area contributed by atoms with Crippen LogP contribution in [0.1, 0.15) is 18.5 Å². The molecule has 3 heteroatoms. The van der Waals surface area contributed by atoms with Crippen LogP contribution in [0, 0.1) is 0 Å². The minimum absolute atomic E-state index is 0.284. The van der Waals surface area contributed by atoms with Crippen LogP contribution in [0.15, 0.2) is 60.7 Å². The van der Waals surface area contributed by atoms with E-state index in [0.29, 0.717) is 6.16 Å². The van der Waals surface area contributed by atoms with E-state index in [1.165, 1.54) is 5.56 Å². The van der Waals surface area contributed by atoms with Gasteiger partial charge in [-0.1, -0.05) is 60.7 Å². The first-order valence-corrected chi connectivity index (χ1v) is 9.34. The number of rotatable bonds is 6. The molecule has 0 aliphatic carbocycles. The molecular weight excluding hydrogens is 265 g/mol. The summed E-state index contributed by atoms with van der Waals surface area (Å²) in [5.41, 5.74) is 1.26. The van der Waals surface area contributed by atoms with Crippen molar-refractivity contribution in [3.05, 3.63) is 66.2 Å². The molecule has 0 fully saturated rings. The van der Waals surface area contributed by atoms with Gasteiger partial charge in [0.15, 0.2) is 0 Å². The monoisotopic (exact) mass is 287 g/mol. The molecule has 0 amide bonds. The van der Waals surface area contributed by atoms with E-state index >= 15 is 0 Å². The predicted molar refractivity (Wildman–Crippen MR) is 87.3 cm³/mol. The van der Waals surface area contributed by atoms with E-state index in [0.717, 1.165) is 11.8 Å². The summed E-state index contributed by atoms with van der Waals surface area (Å²) in [4.78, 5) is 0. The maximum absolute atomic E-state index is 12.7. The first-order valence-electron chi connectivity index (χ1n) is 7.00. The van der Waals surface area contributed by atoms with Gasteiger partial charge in [0.2, 0.25) is 0 Å². The van der Waals surface area contributed by atoms with Gasteiger partial charge in [-0.05, 0) is 19.2 Å². The molecule has 2 aromatic carbocycles. The van der Waals surface area contributed by atoms with Crippen molar-refractivity contribution < 1.29 is 4.57 Å². The van der Waals surface area contributed by atoms with Crippen LogP contribution in [-0.2, 0) is 4.57 Å². The lowest BCUT2D eigenvalue weighted by Crippen LogP contribution is -2.23. The Morgan fingerprint density at radius 3 is 2.15 bits per heavy atom. The van der Waals surface area contributed by atoms with Crippen molar-refractivity contribution in [1.82, 2.24) is 5.32 Å². The van der Waals surface area contributed by atoms with Crippen LogP contribution in [0.5, 0.6) is 0 Å². The van der Waals surface area contributed by atoms with E-state index in [9.17, 15) is 4.57 Å². The Morgan fingerprint density at radius 2 is 1.55 bits per heavy atom. The topological polar surface area (TPSA) is 29.1 Å². The van der Waals surface area contributed by atoms with E-state index in [1.807, 2.05) is 55.2 Å². The zero-order valence-electron chi connectivity index (χ0n) is 12.1. The van der Waals surface area contributed by atoms with E-state index < -0.39 is 7.14 Å². The van der Waals surface area contributed by atoms with Crippen LogP contribution >= 0.6 is 7.14 Å². The average molecular weight is 287 g/mol. The molecule has 0 radical (unpaired) electrons. The molecule has 2 rings (SSSR count). The highest BCUT2D eigenvalue weighted by molar-refractivity contribution is 7.70. The van der Waals surface area contributed by atoms with Crippen molar-refractivity contribution in [1.29, 1.82) is 0 Å². The highest BCUT2D eigenvalue weighted by atomic mass is 31.2. The highest BCUT2D eigenvalue weighted by Gasteiger charge is 2.17. The zero-order valence-corrected chi connectivity index (χ0v) is 13.0. The Balaban J connectivity index is 1.88. The molecule has 1 N–H and O–H groups in total. The molecule has 106 valence electrons. The van der Waals surface area contributed by atoms with E-state index in [4.69, 9.17) is 0 Å². The van der Waals surface area contributed by atoms with Gasteiger partial charge in [0, 0.05) is 24.1 Å². The van der Waals surface area contributed by atoms with Gasteiger partial charge in [-0.15, -0.1) is 0 Å².